The normalized spacial score (nSPS) is 14.4. The van der Waals surface area contributed by atoms with Crippen LogP contribution in [0.5, 0.6) is 0 Å². The van der Waals surface area contributed by atoms with E-state index in [1.54, 1.807) is 0 Å². The van der Waals surface area contributed by atoms with Gasteiger partial charge in [0.1, 0.15) is 5.69 Å². The third-order valence-corrected chi connectivity index (χ3v) is 2.28. The maximum absolute atomic E-state index is 5.89. The molecule has 1 heterocycles. The molecular weight excluding hydrogens is 198 g/mol. The van der Waals surface area contributed by atoms with Crippen LogP contribution in [-0.2, 0) is 6.54 Å². The lowest BCUT2D eigenvalue weighted by Crippen LogP contribution is -2.10. The highest BCUT2D eigenvalue weighted by molar-refractivity contribution is 6.20. The van der Waals surface area contributed by atoms with Gasteiger partial charge in [0.25, 0.3) is 0 Å². The molecule has 0 saturated carbocycles. The summed E-state index contributed by atoms with van der Waals surface area (Å²) in [5, 5.41) is 7.96. The van der Waals surface area contributed by atoms with Crippen molar-refractivity contribution in [2.75, 3.05) is 0 Å². The highest BCUT2D eigenvalue weighted by atomic mass is 35.5. The first-order valence-electron chi connectivity index (χ1n) is 4.92. The molecule has 0 aromatic carbocycles. The summed E-state index contributed by atoms with van der Waals surface area (Å²) in [5.74, 6) is 0. The van der Waals surface area contributed by atoms with Gasteiger partial charge in [-0.05, 0) is 18.8 Å². The summed E-state index contributed by atoms with van der Waals surface area (Å²) < 4.78 is 1.86. The molecule has 0 aliphatic heterocycles. The number of halogens is 1. The largest absolute Gasteiger partial charge is 0.252 e. The van der Waals surface area contributed by atoms with Crippen LogP contribution in [0.15, 0.2) is 6.20 Å². The van der Waals surface area contributed by atoms with Crippen LogP contribution >= 0.6 is 11.6 Å². The molecule has 1 rings (SSSR count). The molecule has 4 heteroatoms. The Balaban J connectivity index is 2.52. The van der Waals surface area contributed by atoms with Crippen molar-refractivity contribution in [2.45, 2.75) is 46.0 Å². The molecule has 0 amide bonds. The molecule has 0 aliphatic rings. The molecule has 1 unspecified atom stereocenters. The first-order chi connectivity index (χ1) is 6.38. The molecular formula is C10H18ClN3. The Labute approximate surface area is 90.4 Å². The van der Waals surface area contributed by atoms with E-state index < -0.39 is 0 Å². The Bertz CT molecular complexity index is 286. The molecule has 80 valence electrons. The summed E-state index contributed by atoms with van der Waals surface area (Å²) in [5.41, 5.74) is 1.18. The van der Waals surface area contributed by atoms with E-state index in [0.717, 1.165) is 18.7 Å². The predicted octanol–water partition coefficient (Wildman–Crippen LogP) is 3.01. The second-order valence-corrected chi connectivity index (χ2v) is 5.49. The number of alkyl halides is 1. The summed E-state index contributed by atoms with van der Waals surface area (Å²) >= 11 is 5.89. The van der Waals surface area contributed by atoms with E-state index in [-0.39, 0.29) is 5.38 Å². The van der Waals surface area contributed by atoms with Gasteiger partial charge in [-0.15, -0.1) is 16.7 Å². The van der Waals surface area contributed by atoms with Crippen molar-refractivity contribution >= 4 is 11.6 Å². The van der Waals surface area contributed by atoms with Gasteiger partial charge >= 0.3 is 0 Å². The monoisotopic (exact) mass is 215 g/mol. The Morgan fingerprint density at radius 3 is 2.57 bits per heavy atom. The second-order valence-electron chi connectivity index (χ2n) is 4.83. The average molecular weight is 216 g/mol. The van der Waals surface area contributed by atoms with E-state index in [9.17, 15) is 0 Å². The Kier molecular flexibility index (Phi) is 3.53. The van der Waals surface area contributed by atoms with E-state index in [1.165, 1.54) is 0 Å². The van der Waals surface area contributed by atoms with Crippen molar-refractivity contribution in [1.82, 2.24) is 15.0 Å². The topological polar surface area (TPSA) is 30.7 Å². The number of hydrogen-bond acceptors (Lipinski definition) is 2. The summed E-state index contributed by atoms with van der Waals surface area (Å²) in [7, 11) is 0. The van der Waals surface area contributed by atoms with Crippen LogP contribution in [0.1, 0.15) is 45.2 Å². The zero-order valence-corrected chi connectivity index (χ0v) is 10.0. The average Bonchev–Trinajstić information content (AvgIpc) is 2.47. The van der Waals surface area contributed by atoms with Crippen LogP contribution in [0, 0.1) is 5.41 Å². The lowest BCUT2D eigenvalue weighted by Gasteiger charge is -2.17. The number of nitrogens with zero attached hydrogens (tertiary/aromatic N) is 3. The zero-order valence-electron chi connectivity index (χ0n) is 9.29. The van der Waals surface area contributed by atoms with Crippen LogP contribution in [0.3, 0.4) is 0 Å². The van der Waals surface area contributed by atoms with Crippen LogP contribution in [0.25, 0.3) is 0 Å². The molecule has 0 radical (unpaired) electrons. The smallest absolute Gasteiger partial charge is 0.100 e. The summed E-state index contributed by atoms with van der Waals surface area (Å²) in [4.78, 5) is 0. The van der Waals surface area contributed by atoms with Gasteiger partial charge in [-0.3, -0.25) is 4.68 Å². The molecule has 0 bridgehead atoms. The predicted molar refractivity (Wildman–Crippen MR) is 58.4 cm³/mol. The molecule has 1 aromatic heterocycles. The van der Waals surface area contributed by atoms with E-state index >= 15 is 0 Å². The van der Waals surface area contributed by atoms with Gasteiger partial charge in [-0.25, -0.2) is 0 Å². The molecule has 14 heavy (non-hydrogen) atoms. The highest BCUT2D eigenvalue weighted by Crippen LogP contribution is 2.20. The minimum Gasteiger partial charge on any atom is -0.252 e. The quantitative estimate of drug-likeness (QED) is 0.726. The van der Waals surface area contributed by atoms with Gasteiger partial charge in [0.15, 0.2) is 0 Å². The number of rotatable bonds is 3. The van der Waals surface area contributed by atoms with Gasteiger partial charge < -0.3 is 0 Å². The SMILES string of the molecule is CC(Cl)c1cn(CCC(C)(C)C)nn1. The first kappa shape index (κ1) is 11.5. The fraction of sp³-hybridized carbons (Fsp3) is 0.800. The van der Waals surface area contributed by atoms with Crippen molar-refractivity contribution < 1.29 is 0 Å². The molecule has 0 spiro atoms. The lowest BCUT2D eigenvalue weighted by atomic mass is 9.92. The highest BCUT2D eigenvalue weighted by Gasteiger charge is 2.11. The van der Waals surface area contributed by atoms with Crippen molar-refractivity contribution in [1.29, 1.82) is 0 Å². The minimum absolute atomic E-state index is 0.0570. The van der Waals surface area contributed by atoms with Gasteiger partial charge in [0.05, 0.1) is 5.38 Å². The fourth-order valence-corrected chi connectivity index (χ4v) is 1.15. The zero-order chi connectivity index (χ0) is 10.8. The van der Waals surface area contributed by atoms with E-state index in [0.29, 0.717) is 5.41 Å². The minimum atomic E-state index is -0.0570. The van der Waals surface area contributed by atoms with Gasteiger partial charge in [0.2, 0.25) is 0 Å². The van der Waals surface area contributed by atoms with E-state index in [2.05, 4.69) is 31.1 Å². The molecule has 0 N–H and O–H groups in total. The number of hydrogen-bond donors (Lipinski definition) is 0. The molecule has 1 aromatic rings. The molecule has 0 aliphatic carbocycles. The molecule has 0 fully saturated rings. The fourth-order valence-electron chi connectivity index (χ4n) is 1.05. The standard InChI is InChI=1S/C10H18ClN3/c1-8(11)9-7-14(13-12-9)6-5-10(2,3)4/h7-8H,5-6H2,1-4H3. The first-order valence-corrected chi connectivity index (χ1v) is 5.36. The molecule has 1 atom stereocenters. The Morgan fingerprint density at radius 1 is 1.50 bits per heavy atom. The van der Waals surface area contributed by atoms with Gasteiger partial charge in [-0.1, -0.05) is 26.0 Å². The lowest BCUT2D eigenvalue weighted by molar-refractivity contribution is 0.339. The van der Waals surface area contributed by atoms with Crippen molar-refractivity contribution in [2.24, 2.45) is 5.41 Å². The number of aromatic nitrogens is 3. The van der Waals surface area contributed by atoms with Crippen molar-refractivity contribution in [3.8, 4) is 0 Å². The Hall–Kier alpha value is -0.570. The maximum Gasteiger partial charge on any atom is 0.100 e. The summed E-state index contributed by atoms with van der Waals surface area (Å²) in [6, 6.07) is 0. The van der Waals surface area contributed by atoms with Crippen LogP contribution in [-0.4, -0.2) is 15.0 Å². The third kappa shape index (κ3) is 3.66. The van der Waals surface area contributed by atoms with E-state index in [4.69, 9.17) is 11.6 Å². The van der Waals surface area contributed by atoms with Crippen molar-refractivity contribution in [3.05, 3.63) is 11.9 Å². The Morgan fingerprint density at radius 2 is 2.14 bits per heavy atom. The summed E-state index contributed by atoms with van der Waals surface area (Å²) in [6.07, 6.45) is 3.01. The van der Waals surface area contributed by atoms with Crippen molar-refractivity contribution in [3.63, 3.8) is 0 Å². The number of aryl methyl sites for hydroxylation is 1. The van der Waals surface area contributed by atoms with Crippen LogP contribution in [0.2, 0.25) is 0 Å². The van der Waals surface area contributed by atoms with E-state index in [1.807, 2.05) is 17.8 Å². The van der Waals surface area contributed by atoms with Crippen LogP contribution in [0.4, 0.5) is 0 Å². The second kappa shape index (κ2) is 4.30. The van der Waals surface area contributed by atoms with Gasteiger partial charge in [0, 0.05) is 12.7 Å². The molecule has 0 saturated heterocycles. The summed E-state index contributed by atoms with van der Waals surface area (Å²) in [6.45, 7) is 9.46. The van der Waals surface area contributed by atoms with Crippen LogP contribution < -0.4 is 0 Å². The van der Waals surface area contributed by atoms with Gasteiger partial charge in [-0.2, -0.15) is 0 Å². The third-order valence-electron chi connectivity index (χ3n) is 2.05. The molecule has 3 nitrogen and oxygen atoms in total. The maximum atomic E-state index is 5.89.